The van der Waals surface area contributed by atoms with Crippen molar-refractivity contribution in [1.29, 1.82) is 0 Å². The lowest BCUT2D eigenvalue weighted by molar-refractivity contribution is -0.138. The van der Waals surface area contributed by atoms with Crippen LogP contribution in [0.5, 0.6) is 5.75 Å². The van der Waals surface area contributed by atoms with Gasteiger partial charge in [-0.25, -0.2) is 0 Å². The van der Waals surface area contributed by atoms with Crippen LogP contribution in [0.4, 0.5) is 0 Å². The number of carbonyl (C=O) groups is 2. The number of nitrogens with one attached hydrogen (secondary N) is 1. The Balaban J connectivity index is 2.10. The van der Waals surface area contributed by atoms with E-state index in [2.05, 4.69) is 5.32 Å². The summed E-state index contributed by atoms with van der Waals surface area (Å²) < 4.78 is 5.21. The number of ether oxygens (including phenoxy) is 1. The zero-order valence-electron chi connectivity index (χ0n) is 18.9. The van der Waals surface area contributed by atoms with Crippen LogP contribution in [-0.4, -0.2) is 41.7 Å². The van der Waals surface area contributed by atoms with Gasteiger partial charge in [-0.15, -0.1) is 11.8 Å². The van der Waals surface area contributed by atoms with Gasteiger partial charge in [-0.2, -0.15) is 0 Å². The van der Waals surface area contributed by atoms with Gasteiger partial charge in [0, 0.05) is 28.4 Å². The first kappa shape index (κ1) is 26.4. The van der Waals surface area contributed by atoms with E-state index in [1.165, 1.54) is 11.8 Å². The maximum Gasteiger partial charge on any atom is 0.242 e. The van der Waals surface area contributed by atoms with Crippen molar-refractivity contribution in [2.24, 2.45) is 0 Å². The molecule has 0 aromatic heterocycles. The lowest BCUT2D eigenvalue weighted by Gasteiger charge is -2.29. The maximum atomic E-state index is 13.1. The van der Waals surface area contributed by atoms with Crippen molar-refractivity contribution in [3.8, 4) is 5.75 Å². The molecule has 0 aliphatic rings. The molecule has 2 aromatic carbocycles. The molecule has 0 fully saturated rings. The van der Waals surface area contributed by atoms with Crippen LogP contribution in [0.2, 0.25) is 10.0 Å². The third kappa shape index (κ3) is 7.91. The van der Waals surface area contributed by atoms with Gasteiger partial charge in [0.2, 0.25) is 11.8 Å². The third-order valence-corrected chi connectivity index (χ3v) is 6.73. The summed E-state index contributed by atoms with van der Waals surface area (Å²) in [5.74, 6) is 1.28. The van der Waals surface area contributed by atoms with Gasteiger partial charge in [-0.3, -0.25) is 9.59 Å². The average molecular weight is 497 g/mol. The van der Waals surface area contributed by atoms with Crippen LogP contribution in [0.3, 0.4) is 0 Å². The van der Waals surface area contributed by atoms with Gasteiger partial charge in [-0.1, -0.05) is 48.3 Å². The summed E-state index contributed by atoms with van der Waals surface area (Å²) in [6, 6.07) is 12.3. The van der Waals surface area contributed by atoms with Gasteiger partial charge in [-0.05, 0) is 55.7 Å². The molecule has 0 bridgehead atoms. The Morgan fingerprint density at radius 1 is 1.12 bits per heavy atom. The number of hydrogen-bond donors (Lipinski definition) is 1. The van der Waals surface area contributed by atoms with Gasteiger partial charge in [0.15, 0.2) is 0 Å². The normalized spacial score (nSPS) is 12.7. The van der Waals surface area contributed by atoms with Crippen molar-refractivity contribution in [2.45, 2.75) is 51.6 Å². The van der Waals surface area contributed by atoms with Gasteiger partial charge in [0.1, 0.15) is 11.8 Å². The SMILES string of the molecule is CC[C@H](C)NC(=O)[C@H](C)N(Cc1ccc(OC)cc1)C(=O)CSCc1ccc(Cl)cc1Cl. The highest BCUT2D eigenvalue weighted by molar-refractivity contribution is 7.99. The number of halogens is 2. The Bertz CT molecular complexity index is 909. The maximum absolute atomic E-state index is 13.1. The Hall–Kier alpha value is -1.89. The molecular weight excluding hydrogens is 467 g/mol. The molecule has 2 aromatic rings. The molecule has 32 heavy (non-hydrogen) atoms. The van der Waals surface area contributed by atoms with E-state index >= 15 is 0 Å². The monoisotopic (exact) mass is 496 g/mol. The predicted octanol–water partition coefficient (Wildman–Crippen LogP) is 5.57. The van der Waals surface area contributed by atoms with E-state index in [0.29, 0.717) is 22.3 Å². The fraction of sp³-hybridized carbons (Fsp3) is 0.417. The molecular formula is C24H30Cl2N2O3S. The van der Waals surface area contributed by atoms with Gasteiger partial charge in [0.25, 0.3) is 0 Å². The third-order valence-electron chi connectivity index (χ3n) is 5.18. The van der Waals surface area contributed by atoms with Crippen molar-refractivity contribution in [2.75, 3.05) is 12.9 Å². The molecule has 0 unspecified atom stereocenters. The molecule has 5 nitrogen and oxygen atoms in total. The lowest BCUT2D eigenvalue weighted by atomic mass is 10.1. The van der Waals surface area contributed by atoms with E-state index in [-0.39, 0.29) is 23.6 Å². The molecule has 0 aliphatic carbocycles. The minimum absolute atomic E-state index is 0.0457. The van der Waals surface area contributed by atoms with E-state index in [4.69, 9.17) is 27.9 Å². The second-order valence-electron chi connectivity index (χ2n) is 7.59. The van der Waals surface area contributed by atoms with Crippen LogP contribution in [0.1, 0.15) is 38.3 Å². The molecule has 2 atom stereocenters. The first-order valence-electron chi connectivity index (χ1n) is 10.5. The Morgan fingerprint density at radius 2 is 1.81 bits per heavy atom. The molecule has 2 rings (SSSR count). The van der Waals surface area contributed by atoms with Gasteiger partial charge in [0.05, 0.1) is 12.9 Å². The molecule has 174 valence electrons. The van der Waals surface area contributed by atoms with Crippen molar-refractivity contribution < 1.29 is 14.3 Å². The van der Waals surface area contributed by atoms with Crippen molar-refractivity contribution in [3.05, 3.63) is 63.6 Å². The number of nitrogens with zero attached hydrogens (tertiary/aromatic N) is 1. The number of carbonyl (C=O) groups excluding carboxylic acids is 2. The fourth-order valence-corrected chi connectivity index (χ4v) is 4.41. The molecule has 2 amide bonds. The number of methoxy groups -OCH3 is 1. The van der Waals surface area contributed by atoms with Crippen LogP contribution < -0.4 is 10.1 Å². The quantitative estimate of drug-likeness (QED) is 0.441. The van der Waals surface area contributed by atoms with E-state index in [9.17, 15) is 9.59 Å². The van der Waals surface area contributed by atoms with Crippen LogP contribution in [0.15, 0.2) is 42.5 Å². The first-order valence-corrected chi connectivity index (χ1v) is 12.4. The van der Waals surface area contributed by atoms with E-state index < -0.39 is 6.04 Å². The van der Waals surface area contributed by atoms with Crippen LogP contribution >= 0.6 is 35.0 Å². The smallest absolute Gasteiger partial charge is 0.242 e. The fourth-order valence-electron chi connectivity index (χ4n) is 2.95. The van der Waals surface area contributed by atoms with Crippen LogP contribution in [-0.2, 0) is 21.9 Å². The number of rotatable bonds is 11. The summed E-state index contributed by atoms with van der Waals surface area (Å²) in [4.78, 5) is 27.5. The lowest BCUT2D eigenvalue weighted by Crippen LogP contribution is -2.50. The zero-order valence-corrected chi connectivity index (χ0v) is 21.2. The number of benzene rings is 2. The second-order valence-corrected chi connectivity index (χ2v) is 9.42. The van der Waals surface area contributed by atoms with Crippen molar-refractivity contribution in [1.82, 2.24) is 10.2 Å². The number of thioether (sulfide) groups is 1. The van der Waals surface area contributed by atoms with Crippen LogP contribution in [0.25, 0.3) is 0 Å². The second kappa shape index (κ2) is 13.0. The highest BCUT2D eigenvalue weighted by Crippen LogP contribution is 2.25. The standard InChI is InChI=1S/C24H30Cl2N2O3S/c1-5-16(2)27-24(30)17(3)28(13-18-6-10-21(31-4)11-7-18)23(29)15-32-14-19-8-9-20(25)12-22(19)26/h6-12,16-17H,5,13-15H2,1-4H3,(H,27,30)/t16-,17-/m0/s1. The molecule has 0 saturated heterocycles. The van der Waals surface area contributed by atoms with Crippen molar-refractivity contribution >= 4 is 46.8 Å². The van der Waals surface area contributed by atoms with E-state index in [0.717, 1.165) is 23.3 Å². The minimum atomic E-state index is -0.599. The average Bonchev–Trinajstić information content (AvgIpc) is 2.78. The molecule has 0 aliphatic heterocycles. The first-order chi connectivity index (χ1) is 15.2. The molecule has 1 N–H and O–H groups in total. The van der Waals surface area contributed by atoms with E-state index in [1.807, 2.05) is 44.2 Å². The Morgan fingerprint density at radius 3 is 2.41 bits per heavy atom. The van der Waals surface area contributed by atoms with Gasteiger partial charge >= 0.3 is 0 Å². The van der Waals surface area contributed by atoms with E-state index in [1.54, 1.807) is 31.1 Å². The molecule has 0 radical (unpaired) electrons. The molecule has 8 heteroatoms. The Labute approximate surface area is 204 Å². The topological polar surface area (TPSA) is 58.6 Å². The Kier molecular flexibility index (Phi) is 10.7. The van der Waals surface area contributed by atoms with Gasteiger partial charge < -0.3 is 15.0 Å². The summed E-state index contributed by atoms with van der Waals surface area (Å²) in [5, 5.41) is 4.13. The summed E-state index contributed by atoms with van der Waals surface area (Å²) in [7, 11) is 1.61. The zero-order chi connectivity index (χ0) is 23.7. The van der Waals surface area contributed by atoms with Crippen molar-refractivity contribution in [3.63, 3.8) is 0 Å². The largest absolute Gasteiger partial charge is 0.497 e. The summed E-state index contributed by atoms with van der Waals surface area (Å²) in [6.45, 7) is 6.06. The predicted molar refractivity (Wildman–Crippen MR) is 134 cm³/mol. The number of amides is 2. The molecule has 0 heterocycles. The minimum Gasteiger partial charge on any atom is -0.497 e. The van der Waals surface area contributed by atoms with Crippen LogP contribution in [0, 0.1) is 0 Å². The molecule has 0 saturated carbocycles. The summed E-state index contributed by atoms with van der Waals surface area (Å²) >= 11 is 13.6. The summed E-state index contributed by atoms with van der Waals surface area (Å²) in [6.07, 6.45) is 0.822. The molecule has 0 spiro atoms. The highest BCUT2D eigenvalue weighted by atomic mass is 35.5. The highest BCUT2D eigenvalue weighted by Gasteiger charge is 2.26. The number of hydrogen-bond acceptors (Lipinski definition) is 4. The summed E-state index contributed by atoms with van der Waals surface area (Å²) in [5.41, 5.74) is 1.84.